The molecule has 0 saturated carbocycles. The second kappa shape index (κ2) is 9.99. The maximum absolute atomic E-state index is 5.13. The molecule has 5 rings (SSSR count). The van der Waals surface area contributed by atoms with Gasteiger partial charge in [0.25, 0.3) is 0 Å². The summed E-state index contributed by atoms with van der Waals surface area (Å²) in [5.41, 5.74) is 4.13. The summed E-state index contributed by atoms with van der Waals surface area (Å²) < 4.78 is 0. The Morgan fingerprint density at radius 3 is 2.48 bits per heavy atom. The lowest BCUT2D eigenvalue weighted by Crippen LogP contribution is -2.35. The zero-order chi connectivity index (χ0) is 20.9. The highest BCUT2D eigenvalue weighted by atomic mass is 15.2. The first-order valence-electron chi connectivity index (χ1n) is 12.5. The van der Waals surface area contributed by atoms with E-state index in [-0.39, 0.29) is 0 Å². The summed E-state index contributed by atoms with van der Waals surface area (Å²) >= 11 is 0. The predicted octanol–water partition coefficient (Wildman–Crippen LogP) is 4.81. The Kier molecular flexibility index (Phi) is 6.68. The molecule has 5 nitrogen and oxygen atoms in total. The normalized spacial score (nSPS) is 22.6. The molecule has 3 aliphatic rings. The van der Waals surface area contributed by atoms with E-state index in [1.165, 1.54) is 80.6 Å². The van der Waals surface area contributed by atoms with Crippen molar-refractivity contribution >= 4 is 11.8 Å². The van der Waals surface area contributed by atoms with E-state index in [4.69, 9.17) is 9.97 Å². The third kappa shape index (κ3) is 5.20. The summed E-state index contributed by atoms with van der Waals surface area (Å²) in [5, 5.41) is 3.77. The highest BCUT2D eigenvalue weighted by Gasteiger charge is 2.25. The fourth-order valence-electron chi connectivity index (χ4n) is 5.53. The predicted molar refractivity (Wildman–Crippen MR) is 128 cm³/mol. The molecular formula is C26H37N5. The van der Waals surface area contributed by atoms with Crippen molar-refractivity contribution in [1.82, 2.24) is 14.9 Å². The summed E-state index contributed by atoms with van der Waals surface area (Å²) in [5.74, 6) is 2.10. The van der Waals surface area contributed by atoms with Crippen molar-refractivity contribution in [3.8, 4) is 0 Å². The van der Waals surface area contributed by atoms with Crippen molar-refractivity contribution < 1.29 is 0 Å². The van der Waals surface area contributed by atoms with Crippen LogP contribution in [0.5, 0.6) is 0 Å². The number of anilines is 2. The van der Waals surface area contributed by atoms with Gasteiger partial charge >= 0.3 is 0 Å². The summed E-state index contributed by atoms with van der Waals surface area (Å²) in [7, 11) is 0. The Morgan fingerprint density at radius 2 is 1.65 bits per heavy atom. The second-order valence-electron chi connectivity index (χ2n) is 9.61. The number of nitrogens with one attached hydrogen (secondary N) is 1. The summed E-state index contributed by atoms with van der Waals surface area (Å²) in [6.45, 7) is 5.57. The molecule has 2 saturated heterocycles. The van der Waals surface area contributed by atoms with Crippen LogP contribution < -0.4 is 10.2 Å². The van der Waals surface area contributed by atoms with Crippen molar-refractivity contribution in [3.05, 3.63) is 47.2 Å². The third-order valence-electron chi connectivity index (χ3n) is 7.15. The number of hydrogen-bond acceptors (Lipinski definition) is 5. The fourth-order valence-corrected chi connectivity index (χ4v) is 5.53. The van der Waals surface area contributed by atoms with Crippen LogP contribution in [0.2, 0.25) is 0 Å². The molecule has 1 atom stereocenters. The minimum atomic E-state index is 0.419. The number of fused-ring (bicyclic) bond motifs is 1. The average molecular weight is 420 g/mol. The van der Waals surface area contributed by atoms with Gasteiger partial charge < -0.3 is 10.2 Å². The smallest absolute Gasteiger partial charge is 0.225 e. The van der Waals surface area contributed by atoms with E-state index in [0.29, 0.717) is 6.04 Å². The summed E-state index contributed by atoms with van der Waals surface area (Å²) in [4.78, 5) is 15.3. The number of hydrogen-bond donors (Lipinski definition) is 1. The van der Waals surface area contributed by atoms with Gasteiger partial charge in [0.15, 0.2) is 0 Å². The third-order valence-corrected chi connectivity index (χ3v) is 7.15. The van der Waals surface area contributed by atoms with Gasteiger partial charge in [-0.1, -0.05) is 49.6 Å². The first kappa shape index (κ1) is 20.7. The topological polar surface area (TPSA) is 44.3 Å². The quantitative estimate of drug-likeness (QED) is 0.753. The van der Waals surface area contributed by atoms with Crippen molar-refractivity contribution in [3.63, 3.8) is 0 Å². The monoisotopic (exact) mass is 419 g/mol. The van der Waals surface area contributed by atoms with Crippen molar-refractivity contribution in [2.24, 2.45) is 0 Å². The first-order chi connectivity index (χ1) is 15.3. The molecule has 0 bridgehead atoms. The number of aryl methyl sites for hydroxylation is 1. The first-order valence-corrected chi connectivity index (χ1v) is 12.5. The molecule has 1 aromatic heterocycles. The zero-order valence-corrected chi connectivity index (χ0v) is 18.9. The van der Waals surface area contributed by atoms with Gasteiger partial charge in [-0.3, -0.25) is 4.90 Å². The van der Waals surface area contributed by atoms with Crippen LogP contribution in [-0.4, -0.2) is 47.1 Å². The number of nitrogens with zero attached hydrogens (tertiary/aromatic N) is 4. The van der Waals surface area contributed by atoms with E-state index >= 15 is 0 Å². The number of rotatable bonds is 5. The highest BCUT2D eigenvalue weighted by Crippen LogP contribution is 2.31. The summed E-state index contributed by atoms with van der Waals surface area (Å²) in [6, 6.07) is 11.3. The van der Waals surface area contributed by atoms with Crippen LogP contribution in [-0.2, 0) is 19.4 Å². The molecule has 0 radical (unpaired) electrons. The Balaban J connectivity index is 1.32. The maximum Gasteiger partial charge on any atom is 0.225 e. The molecule has 1 aliphatic carbocycles. The van der Waals surface area contributed by atoms with Gasteiger partial charge in [0, 0.05) is 37.8 Å². The molecule has 2 aromatic rings. The van der Waals surface area contributed by atoms with Gasteiger partial charge in [0.1, 0.15) is 5.82 Å². The van der Waals surface area contributed by atoms with Crippen LogP contribution in [0.4, 0.5) is 11.8 Å². The van der Waals surface area contributed by atoms with Crippen LogP contribution in [0.25, 0.3) is 0 Å². The lowest BCUT2D eigenvalue weighted by atomic mass is 10.1. The van der Waals surface area contributed by atoms with Gasteiger partial charge in [-0.05, 0) is 57.1 Å². The molecule has 3 heterocycles. The molecule has 1 aromatic carbocycles. The number of likely N-dealkylation sites (tertiary alicyclic amines) is 1. The Hall–Kier alpha value is -2.14. The van der Waals surface area contributed by atoms with Crippen molar-refractivity contribution in [2.75, 3.05) is 36.4 Å². The van der Waals surface area contributed by atoms with E-state index in [9.17, 15) is 0 Å². The van der Waals surface area contributed by atoms with Crippen molar-refractivity contribution in [2.45, 2.75) is 76.8 Å². The molecule has 1 N–H and O–H groups in total. The van der Waals surface area contributed by atoms with Crippen LogP contribution >= 0.6 is 0 Å². The second-order valence-corrected chi connectivity index (χ2v) is 9.61. The molecule has 0 unspecified atom stereocenters. The fraction of sp³-hybridized carbons (Fsp3) is 0.615. The van der Waals surface area contributed by atoms with Gasteiger partial charge in [-0.2, -0.15) is 4.98 Å². The van der Waals surface area contributed by atoms with Gasteiger partial charge in [0.2, 0.25) is 5.95 Å². The maximum atomic E-state index is 5.13. The standard InChI is InChI=1S/C26H37N5/c1-2-8-18-31(17-7-1)25-23-14-10-15-24(23)28-26(29-25)27-22-13-6-9-16-30(20-22)19-21-11-4-3-5-12-21/h3-5,11-12,22H,1-2,6-10,13-20H2,(H,27,28,29)/t22-/m0/s1. The molecule has 0 amide bonds. The minimum absolute atomic E-state index is 0.419. The van der Waals surface area contributed by atoms with Crippen molar-refractivity contribution in [1.29, 1.82) is 0 Å². The van der Waals surface area contributed by atoms with Crippen LogP contribution in [0, 0.1) is 0 Å². The van der Waals surface area contributed by atoms with E-state index in [1.54, 1.807) is 0 Å². The van der Waals surface area contributed by atoms with Gasteiger partial charge in [-0.25, -0.2) is 4.98 Å². The van der Waals surface area contributed by atoms with Gasteiger partial charge in [0.05, 0.1) is 5.69 Å². The highest BCUT2D eigenvalue weighted by molar-refractivity contribution is 5.54. The summed E-state index contributed by atoms with van der Waals surface area (Å²) in [6.07, 6.45) is 12.5. The lowest BCUT2D eigenvalue weighted by molar-refractivity contribution is 0.269. The minimum Gasteiger partial charge on any atom is -0.356 e. The number of aromatic nitrogens is 2. The Labute approximate surface area is 187 Å². The van der Waals surface area contributed by atoms with E-state index in [0.717, 1.165) is 45.0 Å². The largest absolute Gasteiger partial charge is 0.356 e. The van der Waals surface area contributed by atoms with Gasteiger partial charge in [-0.15, -0.1) is 0 Å². The zero-order valence-electron chi connectivity index (χ0n) is 18.9. The van der Waals surface area contributed by atoms with Crippen LogP contribution in [0.1, 0.15) is 68.2 Å². The molecule has 2 fully saturated rings. The SMILES string of the molecule is c1ccc(CN2CCCC[C@H](Nc3nc4c(c(N5CCCCCC5)n3)CCC4)C2)cc1. The van der Waals surface area contributed by atoms with Crippen LogP contribution in [0.15, 0.2) is 30.3 Å². The molecule has 31 heavy (non-hydrogen) atoms. The molecule has 2 aliphatic heterocycles. The Bertz CT molecular complexity index is 844. The lowest BCUT2D eigenvalue weighted by Gasteiger charge is -2.27. The van der Waals surface area contributed by atoms with Crippen LogP contribution in [0.3, 0.4) is 0 Å². The molecular weight excluding hydrogens is 382 g/mol. The van der Waals surface area contributed by atoms with E-state index < -0.39 is 0 Å². The molecule has 0 spiro atoms. The van der Waals surface area contributed by atoms with E-state index in [1.807, 2.05) is 0 Å². The average Bonchev–Trinajstić information content (AvgIpc) is 2.97. The number of benzene rings is 1. The molecule has 166 valence electrons. The Morgan fingerprint density at radius 1 is 0.839 bits per heavy atom. The van der Waals surface area contributed by atoms with E-state index in [2.05, 4.69) is 45.4 Å². The molecule has 5 heteroatoms.